The zero-order chi connectivity index (χ0) is 18.6. The molecular formula is C18H25N3O3S2. The van der Waals surface area contributed by atoms with Crippen LogP contribution in [0.5, 0.6) is 5.75 Å². The van der Waals surface area contributed by atoms with Gasteiger partial charge in [0.2, 0.25) is 10.0 Å². The van der Waals surface area contributed by atoms with Crippen molar-refractivity contribution >= 4 is 21.4 Å². The third-order valence-corrected chi connectivity index (χ3v) is 6.78. The van der Waals surface area contributed by atoms with E-state index in [1.165, 1.54) is 37.7 Å². The Kier molecular flexibility index (Phi) is 6.29. The number of sulfonamides is 1. The Morgan fingerprint density at radius 3 is 2.77 bits per heavy atom. The van der Waals surface area contributed by atoms with E-state index in [-0.39, 0.29) is 11.4 Å². The lowest BCUT2D eigenvalue weighted by molar-refractivity contribution is 0.219. The number of thiazole rings is 1. The minimum Gasteiger partial charge on any atom is -0.495 e. The van der Waals surface area contributed by atoms with Gasteiger partial charge in [0.05, 0.1) is 19.3 Å². The highest BCUT2D eigenvalue weighted by molar-refractivity contribution is 7.89. The minimum atomic E-state index is -3.66. The Balaban J connectivity index is 1.64. The standard InChI is InChI=1S/C18H25N3O3S2/c1-14-6-7-16(24-2)17(10-14)26(22,23)19-11-18-20-15(13-25-18)12-21-8-4-3-5-9-21/h6-7,10,13,19H,3-5,8-9,11-12H2,1-2H3. The van der Waals surface area contributed by atoms with Crippen LogP contribution in [0.1, 0.15) is 35.5 Å². The summed E-state index contributed by atoms with van der Waals surface area (Å²) in [6.07, 6.45) is 3.80. The fourth-order valence-corrected chi connectivity index (χ4v) is 5.13. The zero-order valence-electron chi connectivity index (χ0n) is 15.2. The van der Waals surface area contributed by atoms with Gasteiger partial charge in [0, 0.05) is 11.9 Å². The van der Waals surface area contributed by atoms with E-state index in [0.717, 1.165) is 35.9 Å². The van der Waals surface area contributed by atoms with Gasteiger partial charge in [0.1, 0.15) is 15.7 Å². The van der Waals surface area contributed by atoms with Gasteiger partial charge in [0.25, 0.3) is 0 Å². The number of likely N-dealkylation sites (tertiary alicyclic amines) is 1. The van der Waals surface area contributed by atoms with Crippen molar-refractivity contribution in [1.82, 2.24) is 14.6 Å². The molecule has 2 heterocycles. The van der Waals surface area contributed by atoms with E-state index < -0.39 is 10.0 Å². The lowest BCUT2D eigenvalue weighted by atomic mass is 10.1. The average molecular weight is 396 g/mol. The molecule has 0 spiro atoms. The van der Waals surface area contributed by atoms with Crippen molar-refractivity contribution in [1.29, 1.82) is 0 Å². The van der Waals surface area contributed by atoms with Crippen molar-refractivity contribution in [3.05, 3.63) is 39.8 Å². The van der Waals surface area contributed by atoms with Crippen molar-refractivity contribution in [2.45, 2.75) is 44.2 Å². The number of hydrogen-bond acceptors (Lipinski definition) is 6. The predicted octanol–water partition coefficient (Wildman–Crippen LogP) is 2.92. The molecule has 8 heteroatoms. The Hall–Kier alpha value is -1.48. The number of aromatic nitrogens is 1. The van der Waals surface area contributed by atoms with E-state index in [4.69, 9.17) is 4.74 Å². The molecule has 1 aromatic heterocycles. The van der Waals surface area contributed by atoms with Crippen LogP contribution in [0.3, 0.4) is 0 Å². The van der Waals surface area contributed by atoms with Crippen molar-refractivity contribution in [3.8, 4) is 5.75 Å². The van der Waals surface area contributed by atoms with Crippen LogP contribution in [-0.2, 0) is 23.1 Å². The maximum atomic E-state index is 12.6. The highest BCUT2D eigenvalue weighted by Gasteiger charge is 2.20. The molecule has 1 aromatic carbocycles. The van der Waals surface area contributed by atoms with E-state index >= 15 is 0 Å². The number of nitrogens with zero attached hydrogens (tertiary/aromatic N) is 2. The third-order valence-electron chi connectivity index (χ3n) is 4.46. The Morgan fingerprint density at radius 2 is 2.04 bits per heavy atom. The molecular weight excluding hydrogens is 370 g/mol. The molecule has 1 saturated heterocycles. The summed E-state index contributed by atoms with van der Waals surface area (Å²) >= 11 is 1.49. The van der Waals surface area contributed by atoms with Crippen LogP contribution in [0.2, 0.25) is 0 Å². The summed E-state index contributed by atoms with van der Waals surface area (Å²) in [5.74, 6) is 0.341. The smallest absolute Gasteiger partial charge is 0.244 e. The third kappa shape index (κ3) is 4.82. The number of benzene rings is 1. The summed E-state index contributed by atoms with van der Waals surface area (Å²) in [5.41, 5.74) is 1.88. The van der Waals surface area contributed by atoms with Gasteiger partial charge in [-0.1, -0.05) is 12.5 Å². The van der Waals surface area contributed by atoms with E-state index in [1.54, 1.807) is 12.1 Å². The van der Waals surface area contributed by atoms with Crippen molar-refractivity contribution in [3.63, 3.8) is 0 Å². The molecule has 0 saturated carbocycles. The maximum absolute atomic E-state index is 12.6. The van der Waals surface area contributed by atoms with Crippen LogP contribution in [0, 0.1) is 6.92 Å². The summed E-state index contributed by atoms with van der Waals surface area (Å²) in [7, 11) is -2.19. The SMILES string of the molecule is COc1ccc(C)cc1S(=O)(=O)NCc1nc(CN2CCCCC2)cs1. The summed E-state index contributed by atoms with van der Waals surface area (Å²) < 4.78 is 33.1. The second-order valence-corrected chi connectivity index (χ2v) is 9.23. The quantitative estimate of drug-likeness (QED) is 0.780. The Bertz CT molecular complexity index is 843. The van der Waals surface area contributed by atoms with Crippen LogP contribution >= 0.6 is 11.3 Å². The van der Waals surface area contributed by atoms with Crippen molar-refractivity contribution in [2.24, 2.45) is 0 Å². The summed E-state index contributed by atoms with van der Waals surface area (Å²) in [6.45, 7) is 5.12. The Morgan fingerprint density at radius 1 is 1.27 bits per heavy atom. The molecule has 0 aliphatic carbocycles. The molecule has 1 aliphatic heterocycles. The number of rotatable bonds is 7. The molecule has 0 bridgehead atoms. The van der Waals surface area contributed by atoms with E-state index in [2.05, 4.69) is 14.6 Å². The highest BCUT2D eigenvalue weighted by Crippen LogP contribution is 2.25. The minimum absolute atomic E-state index is 0.157. The number of hydrogen-bond donors (Lipinski definition) is 1. The first-order valence-electron chi connectivity index (χ1n) is 8.78. The number of nitrogens with one attached hydrogen (secondary N) is 1. The molecule has 0 radical (unpaired) electrons. The lowest BCUT2D eigenvalue weighted by Gasteiger charge is -2.25. The number of ether oxygens (including phenoxy) is 1. The van der Waals surface area contributed by atoms with Crippen LogP contribution in [0.4, 0.5) is 0 Å². The molecule has 26 heavy (non-hydrogen) atoms. The lowest BCUT2D eigenvalue weighted by Crippen LogP contribution is -2.29. The van der Waals surface area contributed by atoms with Crippen LogP contribution in [0.25, 0.3) is 0 Å². The second-order valence-electron chi connectivity index (χ2n) is 6.55. The van der Waals surface area contributed by atoms with Gasteiger partial charge < -0.3 is 4.74 Å². The molecule has 0 unspecified atom stereocenters. The van der Waals surface area contributed by atoms with Gasteiger partial charge >= 0.3 is 0 Å². The fraction of sp³-hybridized carbons (Fsp3) is 0.500. The monoisotopic (exact) mass is 395 g/mol. The molecule has 142 valence electrons. The number of methoxy groups -OCH3 is 1. The largest absolute Gasteiger partial charge is 0.495 e. The zero-order valence-corrected chi connectivity index (χ0v) is 16.8. The molecule has 2 aromatic rings. The summed E-state index contributed by atoms with van der Waals surface area (Å²) in [4.78, 5) is 7.14. The van der Waals surface area contributed by atoms with Crippen LogP contribution in [0.15, 0.2) is 28.5 Å². The number of piperidine rings is 1. The van der Waals surface area contributed by atoms with Gasteiger partial charge in [-0.15, -0.1) is 11.3 Å². The van der Waals surface area contributed by atoms with Crippen LogP contribution in [-0.4, -0.2) is 38.5 Å². The molecule has 3 rings (SSSR count). The topological polar surface area (TPSA) is 71.5 Å². The average Bonchev–Trinajstić information content (AvgIpc) is 3.08. The molecule has 1 aliphatic rings. The summed E-state index contributed by atoms with van der Waals surface area (Å²) in [6, 6.07) is 5.11. The molecule has 0 atom stereocenters. The van der Waals surface area contributed by atoms with Gasteiger partial charge in [-0.3, -0.25) is 4.90 Å². The van der Waals surface area contributed by atoms with E-state index in [9.17, 15) is 8.42 Å². The normalized spacial score (nSPS) is 15.9. The molecule has 1 N–H and O–H groups in total. The van der Waals surface area contributed by atoms with Gasteiger partial charge in [-0.25, -0.2) is 18.1 Å². The molecule has 6 nitrogen and oxygen atoms in total. The summed E-state index contributed by atoms with van der Waals surface area (Å²) in [5, 5.41) is 2.79. The van der Waals surface area contributed by atoms with Gasteiger partial charge in [-0.05, 0) is 50.6 Å². The van der Waals surface area contributed by atoms with Crippen molar-refractivity contribution in [2.75, 3.05) is 20.2 Å². The second kappa shape index (κ2) is 8.47. The van der Waals surface area contributed by atoms with Crippen molar-refractivity contribution < 1.29 is 13.2 Å². The molecule has 1 fully saturated rings. The predicted molar refractivity (Wildman–Crippen MR) is 103 cm³/mol. The van der Waals surface area contributed by atoms with E-state index in [1.807, 2.05) is 18.4 Å². The Labute approximate surface area is 159 Å². The first kappa shape index (κ1) is 19.3. The molecule has 0 amide bonds. The first-order valence-corrected chi connectivity index (χ1v) is 11.1. The fourth-order valence-electron chi connectivity index (χ4n) is 3.08. The van der Waals surface area contributed by atoms with Gasteiger partial charge in [0.15, 0.2) is 0 Å². The highest BCUT2D eigenvalue weighted by atomic mass is 32.2. The first-order chi connectivity index (χ1) is 12.5. The maximum Gasteiger partial charge on any atom is 0.244 e. The number of aryl methyl sites for hydroxylation is 1. The van der Waals surface area contributed by atoms with E-state index in [0.29, 0.717) is 5.75 Å². The van der Waals surface area contributed by atoms with Gasteiger partial charge in [-0.2, -0.15) is 0 Å². The van der Waals surface area contributed by atoms with Crippen LogP contribution < -0.4 is 9.46 Å².